The maximum atomic E-state index is 11.9. The summed E-state index contributed by atoms with van der Waals surface area (Å²) in [6, 6.07) is 9.11. The number of hydrogen-bond acceptors (Lipinski definition) is 4. The van der Waals surface area contributed by atoms with E-state index in [2.05, 4.69) is 18.3 Å². The van der Waals surface area contributed by atoms with Gasteiger partial charge in [-0.15, -0.1) is 0 Å². The Kier molecular flexibility index (Phi) is 5.45. The second-order valence-corrected chi connectivity index (χ2v) is 6.08. The van der Waals surface area contributed by atoms with E-state index >= 15 is 0 Å². The van der Waals surface area contributed by atoms with Crippen LogP contribution < -0.4 is 5.32 Å². The number of nitrogens with one attached hydrogen (secondary N) is 1. The highest BCUT2D eigenvalue weighted by Gasteiger charge is 2.24. The van der Waals surface area contributed by atoms with Crippen LogP contribution in [-0.2, 0) is 9.53 Å². The van der Waals surface area contributed by atoms with E-state index in [0.717, 1.165) is 18.8 Å². The van der Waals surface area contributed by atoms with Crippen LogP contribution in [0.25, 0.3) is 0 Å². The molecule has 0 aromatic heterocycles. The van der Waals surface area contributed by atoms with E-state index in [1.54, 1.807) is 30.0 Å². The monoisotopic (exact) mass is 290 g/mol. The van der Waals surface area contributed by atoms with Crippen molar-refractivity contribution in [1.29, 1.82) is 5.26 Å². The van der Waals surface area contributed by atoms with Gasteiger partial charge in [-0.1, -0.05) is 12.1 Å². The molecule has 20 heavy (non-hydrogen) atoms. The number of para-hydroxylation sites is 1. The predicted molar refractivity (Wildman–Crippen MR) is 80.7 cm³/mol. The molecule has 1 amide bonds. The van der Waals surface area contributed by atoms with Gasteiger partial charge in [0.1, 0.15) is 6.07 Å². The molecule has 0 saturated carbocycles. The lowest BCUT2D eigenvalue weighted by atomic mass is 10.2. The predicted octanol–water partition coefficient (Wildman–Crippen LogP) is 2.80. The lowest BCUT2D eigenvalue weighted by Gasteiger charge is -2.13. The second kappa shape index (κ2) is 7.32. The first kappa shape index (κ1) is 14.9. The minimum absolute atomic E-state index is 0.0493. The zero-order valence-corrected chi connectivity index (χ0v) is 12.3. The van der Waals surface area contributed by atoms with E-state index in [9.17, 15) is 4.79 Å². The van der Waals surface area contributed by atoms with E-state index in [1.807, 2.05) is 6.07 Å². The second-order valence-electron chi connectivity index (χ2n) is 4.73. The summed E-state index contributed by atoms with van der Waals surface area (Å²) in [7, 11) is 0. The van der Waals surface area contributed by atoms with E-state index < -0.39 is 0 Å². The highest BCUT2D eigenvalue weighted by Crippen LogP contribution is 2.26. The van der Waals surface area contributed by atoms with Gasteiger partial charge in [0.25, 0.3) is 0 Å². The summed E-state index contributed by atoms with van der Waals surface area (Å²) < 4.78 is 5.49. The van der Waals surface area contributed by atoms with Crippen molar-refractivity contribution in [3.05, 3.63) is 29.8 Å². The zero-order chi connectivity index (χ0) is 14.4. The molecule has 1 aromatic rings. The normalized spacial score (nSPS) is 21.4. The highest BCUT2D eigenvalue weighted by molar-refractivity contribution is 7.99. The molecule has 2 atom stereocenters. The van der Waals surface area contributed by atoms with E-state index in [1.165, 1.54) is 0 Å². The molecular weight excluding hydrogens is 272 g/mol. The van der Waals surface area contributed by atoms with Crippen molar-refractivity contribution in [1.82, 2.24) is 0 Å². The van der Waals surface area contributed by atoms with Gasteiger partial charge in [0.2, 0.25) is 5.91 Å². The first-order chi connectivity index (χ1) is 9.70. The van der Waals surface area contributed by atoms with E-state index in [4.69, 9.17) is 10.00 Å². The maximum absolute atomic E-state index is 11.9. The summed E-state index contributed by atoms with van der Waals surface area (Å²) >= 11 is 1.79. The molecule has 1 saturated heterocycles. The van der Waals surface area contributed by atoms with Gasteiger partial charge in [0.15, 0.2) is 0 Å². The Morgan fingerprint density at radius 3 is 3.05 bits per heavy atom. The van der Waals surface area contributed by atoms with Crippen LogP contribution in [0.2, 0.25) is 0 Å². The fraction of sp³-hybridized carbons (Fsp3) is 0.467. The minimum atomic E-state index is -0.0493. The Bertz CT molecular complexity index is 513. The number of carbonyl (C=O) groups is 1. The van der Waals surface area contributed by atoms with E-state index in [-0.39, 0.29) is 12.0 Å². The standard InChI is InChI=1S/C15H18N2O2S/c1-11-14(6-8-19-11)20-9-7-15(18)17-13-5-3-2-4-12(13)10-16/h2-5,11,14H,6-9H2,1H3,(H,17,18). The Hall–Kier alpha value is -1.51. The third kappa shape index (κ3) is 3.99. The van der Waals surface area contributed by atoms with Crippen LogP contribution >= 0.6 is 11.8 Å². The number of amides is 1. The summed E-state index contributed by atoms with van der Waals surface area (Å²) in [5.74, 6) is 0.727. The molecule has 0 radical (unpaired) electrons. The molecule has 0 spiro atoms. The van der Waals surface area contributed by atoms with Crippen LogP contribution in [0.4, 0.5) is 5.69 Å². The first-order valence-electron chi connectivity index (χ1n) is 6.73. The Labute approximate surface area is 123 Å². The van der Waals surface area contributed by atoms with Gasteiger partial charge in [0, 0.05) is 24.0 Å². The maximum Gasteiger partial charge on any atom is 0.225 e. The van der Waals surface area contributed by atoms with Crippen LogP contribution in [0, 0.1) is 11.3 Å². The smallest absolute Gasteiger partial charge is 0.225 e. The lowest BCUT2D eigenvalue weighted by molar-refractivity contribution is -0.115. The number of thioether (sulfide) groups is 1. The number of rotatable bonds is 5. The molecule has 1 aliphatic rings. The van der Waals surface area contributed by atoms with Gasteiger partial charge < -0.3 is 10.1 Å². The third-order valence-corrected chi connectivity index (χ3v) is 4.78. The molecule has 1 fully saturated rings. The average molecular weight is 290 g/mol. The Morgan fingerprint density at radius 2 is 2.35 bits per heavy atom. The summed E-state index contributed by atoms with van der Waals surface area (Å²) in [5.41, 5.74) is 1.08. The van der Waals surface area contributed by atoms with Crippen molar-refractivity contribution >= 4 is 23.4 Å². The lowest BCUT2D eigenvalue weighted by Crippen LogP contribution is -2.17. The number of anilines is 1. The first-order valence-corrected chi connectivity index (χ1v) is 7.78. The molecule has 5 heteroatoms. The van der Waals surface area contributed by atoms with Gasteiger partial charge in [-0.3, -0.25) is 4.79 Å². The molecule has 106 valence electrons. The molecule has 2 rings (SSSR count). The van der Waals surface area contributed by atoms with Crippen molar-refractivity contribution in [3.63, 3.8) is 0 Å². The zero-order valence-electron chi connectivity index (χ0n) is 11.5. The summed E-state index contributed by atoms with van der Waals surface area (Å²) in [6.07, 6.45) is 1.79. The fourth-order valence-corrected chi connectivity index (χ4v) is 3.35. The number of ether oxygens (including phenoxy) is 1. The summed E-state index contributed by atoms with van der Waals surface area (Å²) in [5, 5.41) is 12.2. The molecule has 1 aliphatic heterocycles. The topological polar surface area (TPSA) is 62.1 Å². The van der Waals surface area contributed by atoms with Gasteiger partial charge in [-0.05, 0) is 25.5 Å². The van der Waals surface area contributed by atoms with Crippen LogP contribution in [-0.4, -0.2) is 29.6 Å². The Morgan fingerprint density at radius 1 is 1.55 bits per heavy atom. The molecule has 1 aromatic carbocycles. The minimum Gasteiger partial charge on any atom is -0.377 e. The van der Waals surface area contributed by atoms with Crippen LogP contribution in [0.3, 0.4) is 0 Å². The van der Waals surface area contributed by atoms with Gasteiger partial charge >= 0.3 is 0 Å². The molecule has 0 aliphatic carbocycles. The SMILES string of the molecule is CC1OCCC1SCCC(=O)Nc1ccccc1C#N. The molecular formula is C15H18N2O2S. The van der Waals surface area contributed by atoms with Crippen LogP contribution in [0.1, 0.15) is 25.3 Å². The van der Waals surface area contributed by atoms with Crippen molar-refractivity contribution in [2.75, 3.05) is 17.7 Å². The molecule has 2 unspecified atom stereocenters. The highest BCUT2D eigenvalue weighted by atomic mass is 32.2. The van der Waals surface area contributed by atoms with Crippen molar-refractivity contribution in [2.45, 2.75) is 31.1 Å². The number of nitrogens with zero attached hydrogens (tertiary/aromatic N) is 1. The molecule has 1 heterocycles. The number of hydrogen-bond donors (Lipinski definition) is 1. The third-order valence-electron chi connectivity index (χ3n) is 3.29. The summed E-state index contributed by atoms with van der Waals surface area (Å²) in [6.45, 7) is 2.90. The molecule has 1 N–H and O–H groups in total. The number of benzene rings is 1. The van der Waals surface area contributed by atoms with Gasteiger partial charge in [0.05, 0.1) is 17.4 Å². The number of carbonyl (C=O) groups excluding carboxylic acids is 1. The average Bonchev–Trinajstić information content (AvgIpc) is 2.85. The van der Waals surface area contributed by atoms with Crippen molar-refractivity contribution in [3.8, 4) is 6.07 Å². The van der Waals surface area contributed by atoms with Crippen LogP contribution in [0.5, 0.6) is 0 Å². The van der Waals surface area contributed by atoms with Crippen LogP contribution in [0.15, 0.2) is 24.3 Å². The fourth-order valence-electron chi connectivity index (χ4n) is 2.14. The Balaban J connectivity index is 1.77. The molecule has 0 bridgehead atoms. The number of nitriles is 1. The largest absolute Gasteiger partial charge is 0.377 e. The van der Waals surface area contributed by atoms with Gasteiger partial charge in [-0.2, -0.15) is 17.0 Å². The van der Waals surface area contributed by atoms with Crippen molar-refractivity contribution in [2.24, 2.45) is 0 Å². The molecule has 4 nitrogen and oxygen atoms in total. The quantitative estimate of drug-likeness (QED) is 0.905. The summed E-state index contributed by atoms with van der Waals surface area (Å²) in [4.78, 5) is 11.9. The van der Waals surface area contributed by atoms with Crippen molar-refractivity contribution < 1.29 is 9.53 Å². The van der Waals surface area contributed by atoms with E-state index in [0.29, 0.717) is 22.9 Å². The van der Waals surface area contributed by atoms with Gasteiger partial charge in [-0.25, -0.2) is 0 Å².